The summed E-state index contributed by atoms with van der Waals surface area (Å²) >= 11 is 3.38. The van der Waals surface area contributed by atoms with Crippen LogP contribution in [0.25, 0.3) is 0 Å². The lowest BCUT2D eigenvalue weighted by atomic mass is 9.99. The van der Waals surface area contributed by atoms with Gasteiger partial charge in [-0.25, -0.2) is 0 Å². The SMILES string of the molecule is Cc1[nH]c(C(=O)c2cc(Br)cc(N)c2C)c(C)c1C. The molecule has 0 spiro atoms. The number of aromatic nitrogens is 1. The Morgan fingerprint density at radius 3 is 2.26 bits per heavy atom. The van der Waals surface area contributed by atoms with Crippen LogP contribution in [0.1, 0.15) is 38.4 Å². The fourth-order valence-corrected chi connectivity index (χ4v) is 2.62. The van der Waals surface area contributed by atoms with E-state index in [2.05, 4.69) is 20.9 Å². The summed E-state index contributed by atoms with van der Waals surface area (Å²) in [5, 5.41) is 0. The van der Waals surface area contributed by atoms with Crippen molar-refractivity contribution in [3.8, 4) is 0 Å². The van der Waals surface area contributed by atoms with Crippen molar-refractivity contribution in [2.75, 3.05) is 5.73 Å². The molecule has 3 N–H and O–H groups in total. The minimum atomic E-state index is -0.0146. The van der Waals surface area contributed by atoms with Crippen molar-refractivity contribution in [1.29, 1.82) is 0 Å². The van der Waals surface area contributed by atoms with Crippen LogP contribution >= 0.6 is 15.9 Å². The monoisotopic (exact) mass is 320 g/mol. The normalized spacial score (nSPS) is 10.8. The van der Waals surface area contributed by atoms with Gasteiger partial charge >= 0.3 is 0 Å². The zero-order chi connectivity index (χ0) is 14.3. The molecule has 0 aliphatic carbocycles. The molecule has 0 amide bonds. The molecule has 0 bridgehead atoms. The number of hydrogen-bond donors (Lipinski definition) is 2. The lowest BCUT2D eigenvalue weighted by Crippen LogP contribution is -2.08. The Morgan fingerprint density at radius 2 is 1.74 bits per heavy atom. The number of halogens is 1. The molecule has 4 heteroatoms. The third kappa shape index (κ3) is 2.32. The highest BCUT2D eigenvalue weighted by Crippen LogP contribution is 2.26. The van der Waals surface area contributed by atoms with Gasteiger partial charge in [-0.1, -0.05) is 15.9 Å². The smallest absolute Gasteiger partial charge is 0.209 e. The quantitative estimate of drug-likeness (QED) is 0.652. The number of benzene rings is 1. The number of carbonyl (C=O) groups is 1. The van der Waals surface area contributed by atoms with Crippen molar-refractivity contribution in [1.82, 2.24) is 4.98 Å². The Bertz CT molecular complexity index is 671. The van der Waals surface area contributed by atoms with Crippen LogP contribution in [0.3, 0.4) is 0 Å². The van der Waals surface area contributed by atoms with Crippen molar-refractivity contribution in [3.05, 3.63) is 50.2 Å². The van der Waals surface area contributed by atoms with E-state index >= 15 is 0 Å². The lowest BCUT2D eigenvalue weighted by molar-refractivity contribution is 0.103. The molecule has 0 fully saturated rings. The van der Waals surface area contributed by atoms with Gasteiger partial charge in [-0.05, 0) is 56.5 Å². The predicted octanol–water partition coefficient (Wildman–Crippen LogP) is 3.82. The van der Waals surface area contributed by atoms with Crippen LogP contribution < -0.4 is 5.73 Å². The molecule has 0 saturated heterocycles. The van der Waals surface area contributed by atoms with E-state index in [9.17, 15) is 4.79 Å². The Labute approximate surface area is 121 Å². The fraction of sp³-hybridized carbons (Fsp3) is 0.267. The highest BCUT2D eigenvalue weighted by atomic mass is 79.9. The Balaban J connectivity index is 2.59. The van der Waals surface area contributed by atoms with Crippen molar-refractivity contribution in [2.45, 2.75) is 27.7 Å². The Kier molecular flexibility index (Phi) is 3.54. The van der Waals surface area contributed by atoms with Gasteiger partial charge in [-0.3, -0.25) is 4.79 Å². The summed E-state index contributed by atoms with van der Waals surface area (Å²) in [7, 11) is 0. The summed E-state index contributed by atoms with van der Waals surface area (Å²) in [4.78, 5) is 15.8. The maximum atomic E-state index is 12.7. The first-order valence-corrected chi connectivity index (χ1v) is 6.88. The third-order valence-corrected chi connectivity index (χ3v) is 4.15. The topological polar surface area (TPSA) is 58.9 Å². The van der Waals surface area contributed by atoms with E-state index in [1.165, 1.54) is 0 Å². The van der Waals surface area contributed by atoms with Crippen LogP contribution in [-0.4, -0.2) is 10.8 Å². The molecule has 3 nitrogen and oxygen atoms in total. The number of hydrogen-bond acceptors (Lipinski definition) is 2. The molecule has 0 aliphatic heterocycles. The van der Waals surface area contributed by atoms with Gasteiger partial charge in [0.05, 0.1) is 5.69 Å². The van der Waals surface area contributed by atoms with E-state index in [1.807, 2.05) is 39.8 Å². The second-order valence-electron chi connectivity index (χ2n) is 4.87. The second kappa shape index (κ2) is 4.85. The van der Waals surface area contributed by atoms with Gasteiger partial charge in [0.2, 0.25) is 5.78 Å². The summed E-state index contributed by atoms with van der Waals surface area (Å²) < 4.78 is 0.816. The average molecular weight is 321 g/mol. The van der Waals surface area contributed by atoms with Gasteiger partial charge in [0.1, 0.15) is 0 Å². The van der Waals surface area contributed by atoms with E-state index in [0.717, 1.165) is 26.9 Å². The molecular formula is C15H17BrN2O. The summed E-state index contributed by atoms with van der Waals surface area (Å²) in [6.07, 6.45) is 0. The number of nitrogens with two attached hydrogens (primary N) is 1. The van der Waals surface area contributed by atoms with Crippen LogP contribution in [0.5, 0.6) is 0 Å². The Morgan fingerprint density at radius 1 is 1.11 bits per heavy atom. The number of nitrogens with one attached hydrogen (secondary N) is 1. The summed E-state index contributed by atoms with van der Waals surface area (Å²) in [5.41, 5.74) is 11.8. The predicted molar refractivity (Wildman–Crippen MR) is 81.7 cm³/mol. The van der Waals surface area contributed by atoms with E-state index in [4.69, 9.17) is 5.73 Å². The van der Waals surface area contributed by atoms with Crippen LogP contribution in [0.2, 0.25) is 0 Å². The molecule has 0 atom stereocenters. The molecule has 0 unspecified atom stereocenters. The second-order valence-corrected chi connectivity index (χ2v) is 5.79. The molecule has 0 aliphatic rings. The largest absolute Gasteiger partial charge is 0.398 e. The van der Waals surface area contributed by atoms with Crippen LogP contribution in [-0.2, 0) is 0 Å². The molecule has 0 saturated carbocycles. The lowest BCUT2D eigenvalue weighted by Gasteiger charge is -2.08. The zero-order valence-corrected chi connectivity index (χ0v) is 13.1. The highest BCUT2D eigenvalue weighted by molar-refractivity contribution is 9.10. The van der Waals surface area contributed by atoms with E-state index in [-0.39, 0.29) is 5.78 Å². The minimum absolute atomic E-state index is 0.0146. The summed E-state index contributed by atoms with van der Waals surface area (Å²) in [6.45, 7) is 7.82. The molecular weight excluding hydrogens is 304 g/mol. The number of rotatable bonds is 2. The number of ketones is 1. The highest BCUT2D eigenvalue weighted by Gasteiger charge is 2.19. The molecule has 2 rings (SSSR count). The minimum Gasteiger partial charge on any atom is -0.398 e. The van der Waals surface area contributed by atoms with Gasteiger partial charge < -0.3 is 10.7 Å². The maximum Gasteiger partial charge on any atom is 0.209 e. The molecule has 100 valence electrons. The van der Waals surface area contributed by atoms with E-state index in [0.29, 0.717) is 16.9 Å². The Hall–Kier alpha value is -1.55. The standard InChI is InChI=1S/C15H17BrN2O/c1-7-8(2)14(18-10(7)4)15(19)12-5-11(16)6-13(17)9(12)3/h5-6,18H,17H2,1-4H3. The number of H-pyrrole nitrogens is 1. The molecule has 2 aromatic rings. The molecule has 1 heterocycles. The van der Waals surface area contributed by atoms with Crippen molar-refractivity contribution >= 4 is 27.4 Å². The van der Waals surface area contributed by atoms with Crippen molar-refractivity contribution < 1.29 is 4.79 Å². The molecule has 1 aromatic heterocycles. The van der Waals surface area contributed by atoms with Gasteiger partial charge in [0, 0.05) is 21.4 Å². The maximum absolute atomic E-state index is 12.7. The third-order valence-electron chi connectivity index (χ3n) is 3.70. The summed E-state index contributed by atoms with van der Waals surface area (Å²) in [6, 6.07) is 3.63. The van der Waals surface area contributed by atoms with Crippen molar-refractivity contribution in [3.63, 3.8) is 0 Å². The molecule has 19 heavy (non-hydrogen) atoms. The van der Waals surface area contributed by atoms with Gasteiger partial charge in [-0.2, -0.15) is 0 Å². The van der Waals surface area contributed by atoms with E-state index in [1.54, 1.807) is 0 Å². The summed E-state index contributed by atoms with van der Waals surface area (Å²) in [5.74, 6) is -0.0146. The average Bonchev–Trinajstić information content (AvgIpc) is 2.61. The first-order chi connectivity index (χ1) is 8.82. The van der Waals surface area contributed by atoms with Crippen LogP contribution in [0.15, 0.2) is 16.6 Å². The van der Waals surface area contributed by atoms with Crippen molar-refractivity contribution in [2.24, 2.45) is 0 Å². The van der Waals surface area contributed by atoms with Crippen LogP contribution in [0, 0.1) is 27.7 Å². The van der Waals surface area contributed by atoms with E-state index < -0.39 is 0 Å². The zero-order valence-electron chi connectivity index (χ0n) is 11.5. The number of aryl methyl sites for hydroxylation is 1. The van der Waals surface area contributed by atoms with Gasteiger partial charge in [-0.15, -0.1) is 0 Å². The number of carbonyl (C=O) groups excluding carboxylic acids is 1. The van der Waals surface area contributed by atoms with Crippen LogP contribution in [0.4, 0.5) is 5.69 Å². The molecule has 0 radical (unpaired) electrons. The van der Waals surface area contributed by atoms with Gasteiger partial charge in [0.25, 0.3) is 0 Å². The van der Waals surface area contributed by atoms with Gasteiger partial charge in [0.15, 0.2) is 0 Å². The number of anilines is 1. The fourth-order valence-electron chi connectivity index (χ4n) is 2.14. The first kappa shape index (κ1) is 13.9. The first-order valence-electron chi connectivity index (χ1n) is 6.09. The number of aromatic amines is 1. The number of nitrogen functional groups attached to an aromatic ring is 1. The molecule has 1 aromatic carbocycles.